The van der Waals surface area contributed by atoms with Gasteiger partial charge in [0.15, 0.2) is 0 Å². The second kappa shape index (κ2) is 5.80. The van der Waals surface area contributed by atoms with Crippen LogP contribution in [0.15, 0.2) is 0 Å². The fourth-order valence-electron chi connectivity index (χ4n) is 1.43. The van der Waals surface area contributed by atoms with E-state index in [0.29, 0.717) is 12.1 Å². The summed E-state index contributed by atoms with van der Waals surface area (Å²) in [6, 6.07) is 0.336. The van der Waals surface area contributed by atoms with Crippen LogP contribution in [0.2, 0.25) is 0 Å². The first-order valence-electron chi connectivity index (χ1n) is 4.54. The average molecular weight is 190 g/mol. The van der Waals surface area contributed by atoms with Crippen LogP contribution < -0.4 is 11.3 Å². The number of hydrogen-bond acceptors (Lipinski definition) is 4. The zero-order valence-corrected chi connectivity index (χ0v) is 8.40. The Morgan fingerprint density at radius 3 is 3.08 bits per heavy atom. The van der Waals surface area contributed by atoms with Crippen LogP contribution in [0.4, 0.5) is 0 Å². The highest BCUT2D eigenvalue weighted by atomic mass is 32.2. The highest BCUT2D eigenvalue weighted by Crippen LogP contribution is 2.17. The summed E-state index contributed by atoms with van der Waals surface area (Å²) in [6.45, 7) is 3.04. The second-order valence-electron chi connectivity index (χ2n) is 3.05. The third-order valence-corrected chi connectivity index (χ3v) is 3.12. The van der Waals surface area contributed by atoms with Crippen molar-refractivity contribution in [3.8, 4) is 0 Å². The predicted molar refractivity (Wildman–Crippen MR) is 53.1 cm³/mol. The molecule has 1 aliphatic heterocycles. The Morgan fingerprint density at radius 1 is 1.75 bits per heavy atom. The molecule has 0 amide bonds. The zero-order valence-electron chi connectivity index (χ0n) is 7.58. The molecule has 0 aromatic heterocycles. The number of hydrogen-bond donors (Lipinski definition) is 2. The molecule has 72 valence electrons. The van der Waals surface area contributed by atoms with Crippen molar-refractivity contribution in [2.75, 3.05) is 18.1 Å². The summed E-state index contributed by atoms with van der Waals surface area (Å²) >= 11 is 1.95. The minimum atomic E-state index is 0.314. The van der Waals surface area contributed by atoms with Crippen LogP contribution in [0.5, 0.6) is 0 Å². The van der Waals surface area contributed by atoms with Crippen molar-refractivity contribution < 1.29 is 4.74 Å². The Morgan fingerprint density at radius 2 is 2.58 bits per heavy atom. The molecule has 0 bridgehead atoms. The molecule has 0 aromatic rings. The Kier molecular flexibility index (Phi) is 4.99. The molecule has 1 rings (SSSR count). The van der Waals surface area contributed by atoms with E-state index in [-0.39, 0.29) is 0 Å². The van der Waals surface area contributed by atoms with Gasteiger partial charge in [-0.05, 0) is 6.42 Å². The standard InChI is InChI=1S/C8H18N2OS/c1-2-3-7(10-9)8-6-12-5-4-11-8/h7-8,10H,2-6,9H2,1H3. The quantitative estimate of drug-likeness (QED) is 0.507. The van der Waals surface area contributed by atoms with Crippen LogP contribution in [-0.4, -0.2) is 30.3 Å². The lowest BCUT2D eigenvalue weighted by Crippen LogP contribution is -2.47. The SMILES string of the molecule is CCCC(NN)C1CSCCO1. The van der Waals surface area contributed by atoms with E-state index in [0.717, 1.165) is 31.0 Å². The van der Waals surface area contributed by atoms with Crippen molar-refractivity contribution in [3.05, 3.63) is 0 Å². The first-order chi connectivity index (χ1) is 5.88. The van der Waals surface area contributed by atoms with E-state index < -0.39 is 0 Å². The topological polar surface area (TPSA) is 47.3 Å². The van der Waals surface area contributed by atoms with Crippen LogP contribution in [0.1, 0.15) is 19.8 Å². The number of thioether (sulfide) groups is 1. The molecular formula is C8H18N2OS. The Balaban J connectivity index is 2.29. The third-order valence-electron chi connectivity index (χ3n) is 2.10. The first kappa shape index (κ1) is 10.3. The van der Waals surface area contributed by atoms with E-state index in [1.54, 1.807) is 0 Å². The molecule has 12 heavy (non-hydrogen) atoms. The van der Waals surface area contributed by atoms with Crippen molar-refractivity contribution in [2.45, 2.75) is 31.9 Å². The lowest BCUT2D eigenvalue weighted by atomic mass is 10.1. The average Bonchev–Trinajstić information content (AvgIpc) is 2.15. The molecule has 0 aliphatic carbocycles. The molecule has 4 heteroatoms. The molecule has 2 atom stereocenters. The van der Waals surface area contributed by atoms with Crippen LogP contribution >= 0.6 is 11.8 Å². The summed E-state index contributed by atoms with van der Waals surface area (Å²) in [7, 11) is 0. The molecule has 1 saturated heterocycles. The van der Waals surface area contributed by atoms with Crippen LogP contribution in [0.3, 0.4) is 0 Å². The molecule has 1 heterocycles. The zero-order chi connectivity index (χ0) is 8.81. The van der Waals surface area contributed by atoms with Crippen molar-refractivity contribution in [1.29, 1.82) is 0 Å². The summed E-state index contributed by atoms with van der Waals surface area (Å²) in [5, 5.41) is 0. The fraction of sp³-hybridized carbons (Fsp3) is 1.00. The third kappa shape index (κ3) is 2.94. The summed E-state index contributed by atoms with van der Waals surface area (Å²) < 4.78 is 5.62. The van der Waals surface area contributed by atoms with Gasteiger partial charge in [0.2, 0.25) is 0 Å². The second-order valence-corrected chi connectivity index (χ2v) is 4.20. The molecule has 3 nitrogen and oxygen atoms in total. The largest absolute Gasteiger partial charge is 0.375 e. The monoisotopic (exact) mass is 190 g/mol. The smallest absolute Gasteiger partial charge is 0.0832 e. The number of hydrazine groups is 1. The maximum atomic E-state index is 5.62. The van der Waals surface area contributed by atoms with Gasteiger partial charge in [0.25, 0.3) is 0 Å². The molecule has 3 N–H and O–H groups in total. The van der Waals surface area contributed by atoms with Gasteiger partial charge in [0.05, 0.1) is 12.7 Å². The molecule has 1 aliphatic rings. The molecular weight excluding hydrogens is 172 g/mol. The summed E-state index contributed by atoms with van der Waals surface area (Å²) in [6.07, 6.45) is 2.56. The van der Waals surface area contributed by atoms with Gasteiger partial charge in [0.1, 0.15) is 0 Å². The van der Waals surface area contributed by atoms with Crippen molar-refractivity contribution in [3.63, 3.8) is 0 Å². The summed E-state index contributed by atoms with van der Waals surface area (Å²) in [5.41, 5.74) is 2.83. The van der Waals surface area contributed by atoms with Gasteiger partial charge in [-0.1, -0.05) is 13.3 Å². The van der Waals surface area contributed by atoms with Gasteiger partial charge in [-0.15, -0.1) is 0 Å². The Bertz CT molecular complexity index is 115. The van der Waals surface area contributed by atoms with E-state index in [1.807, 2.05) is 11.8 Å². The van der Waals surface area contributed by atoms with Gasteiger partial charge in [-0.25, -0.2) is 0 Å². The maximum Gasteiger partial charge on any atom is 0.0832 e. The van der Waals surface area contributed by atoms with E-state index in [9.17, 15) is 0 Å². The first-order valence-corrected chi connectivity index (χ1v) is 5.69. The minimum Gasteiger partial charge on any atom is -0.375 e. The van der Waals surface area contributed by atoms with E-state index in [2.05, 4.69) is 12.3 Å². The lowest BCUT2D eigenvalue weighted by Gasteiger charge is -2.29. The number of rotatable bonds is 4. The highest BCUT2D eigenvalue weighted by molar-refractivity contribution is 7.99. The normalized spacial score (nSPS) is 27.0. The molecule has 0 saturated carbocycles. The molecule has 0 radical (unpaired) electrons. The van der Waals surface area contributed by atoms with Gasteiger partial charge in [-0.2, -0.15) is 11.8 Å². The number of nitrogens with one attached hydrogen (secondary N) is 1. The van der Waals surface area contributed by atoms with Crippen molar-refractivity contribution >= 4 is 11.8 Å². The van der Waals surface area contributed by atoms with E-state index in [4.69, 9.17) is 10.6 Å². The van der Waals surface area contributed by atoms with Gasteiger partial charge >= 0.3 is 0 Å². The number of nitrogens with two attached hydrogens (primary N) is 1. The minimum absolute atomic E-state index is 0.314. The highest BCUT2D eigenvalue weighted by Gasteiger charge is 2.22. The summed E-state index contributed by atoms with van der Waals surface area (Å²) in [5.74, 6) is 7.65. The number of ether oxygens (including phenoxy) is 1. The van der Waals surface area contributed by atoms with Gasteiger partial charge in [0, 0.05) is 17.5 Å². The van der Waals surface area contributed by atoms with E-state index in [1.165, 1.54) is 0 Å². The molecule has 1 fully saturated rings. The molecule has 0 spiro atoms. The lowest BCUT2D eigenvalue weighted by molar-refractivity contribution is 0.0446. The van der Waals surface area contributed by atoms with Crippen molar-refractivity contribution in [1.82, 2.24) is 5.43 Å². The van der Waals surface area contributed by atoms with Crippen molar-refractivity contribution in [2.24, 2.45) is 5.84 Å². The van der Waals surface area contributed by atoms with Crippen LogP contribution in [0, 0.1) is 0 Å². The van der Waals surface area contributed by atoms with Crippen LogP contribution in [-0.2, 0) is 4.74 Å². The maximum absolute atomic E-state index is 5.62. The fourth-order valence-corrected chi connectivity index (χ4v) is 2.37. The Labute approximate surface area is 78.4 Å². The summed E-state index contributed by atoms with van der Waals surface area (Å²) in [4.78, 5) is 0. The predicted octanol–water partition coefficient (Wildman–Crippen LogP) is 0.750. The van der Waals surface area contributed by atoms with E-state index >= 15 is 0 Å². The van der Waals surface area contributed by atoms with Crippen LogP contribution in [0.25, 0.3) is 0 Å². The van der Waals surface area contributed by atoms with Gasteiger partial charge in [-0.3, -0.25) is 11.3 Å². The molecule has 0 aromatic carbocycles. The molecule has 2 unspecified atom stereocenters. The Hall–Kier alpha value is 0.230. The van der Waals surface area contributed by atoms with Gasteiger partial charge < -0.3 is 4.74 Å².